The number of fused-ring (bicyclic) bond motifs is 3. The summed E-state index contributed by atoms with van der Waals surface area (Å²) in [5.41, 5.74) is 3.83. The Hall–Kier alpha value is -2.75. The van der Waals surface area contributed by atoms with Crippen molar-refractivity contribution in [2.24, 2.45) is 0 Å². The van der Waals surface area contributed by atoms with Crippen LogP contribution in [0.4, 0.5) is 0 Å². The molecule has 0 saturated heterocycles. The zero-order valence-corrected chi connectivity index (χ0v) is 15.1. The van der Waals surface area contributed by atoms with Crippen LogP contribution in [0.1, 0.15) is 52.6 Å². The lowest BCUT2D eigenvalue weighted by Crippen LogP contribution is -2.35. The number of methoxy groups -OCH3 is 2. The van der Waals surface area contributed by atoms with Gasteiger partial charge in [0, 0.05) is 27.3 Å². The van der Waals surface area contributed by atoms with E-state index in [0.29, 0.717) is 11.3 Å². The van der Waals surface area contributed by atoms with Crippen molar-refractivity contribution in [2.75, 3.05) is 14.2 Å². The number of hydrogen-bond donors (Lipinski definition) is 0. The number of ether oxygens (including phenoxy) is 2. The van der Waals surface area contributed by atoms with Crippen LogP contribution >= 0.6 is 0 Å². The normalized spacial score (nSPS) is 20.7. The molecule has 0 bridgehead atoms. The van der Waals surface area contributed by atoms with Gasteiger partial charge in [-0.1, -0.05) is 6.92 Å². The molecule has 132 valence electrons. The Bertz CT molecular complexity index is 1080. The van der Waals surface area contributed by atoms with Gasteiger partial charge in [-0.3, -0.25) is 4.79 Å². The monoisotopic (exact) mass is 348 g/mol. The maximum atomic E-state index is 13.2. The smallest absolute Gasteiger partial charge is 0.228 e. The van der Waals surface area contributed by atoms with Crippen molar-refractivity contribution in [3.63, 3.8) is 0 Å². The third-order valence-corrected chi connectivity index (χ3v) is 6.10. The molecule has 0 N–H and O–H groups in total. The van der Waals surface area contributed by atoms with Crippen molar-refractivity contribution in [3.8, 4) is 11.5 Å². The van der Waals surface area contributed by atoms with E-state index in [-0.39, 0.29) is 11.2 Å². The van der Waals surface area contributed by atoms with Crippen LogP contribution in [0.3, 0.4) is 0 Å². The van der Waals surface area contributed by atoms with Crippen molar-refractivity contribution < 1.29 is 18.7 Å². The zero-order chi connectivity index (χ0) is 18.1. The average Bonchev–Trinajstić information content (AvgIpc) is 3.10. The van der Waals surface area contributed by atoms with Crippen molar-refractivity contribution in [2.45, 2.75) is 31.6 Å². The highest BCUT2D eigenvalue weighted by Crippen LogP contribution is 2.51. The molecule has 26 heavy (non-hydrogen) atoms. The fraction of sp³-hybridized carbons (Fsp3) is 0.318. The fourth-order valence-electron chi connectivity index (χ4n) is 4.84. The van der Waals surface area contributed by atoms with E-state index in [1.165, 1.54) is 5.56 Å². The van der Waals surface area contributed by atoms with Crippen LogP contribution in [-0.2, 0) is 11.8 Å². The Morgan fingerprint density at radius 3 is 2.46 bits per heavy atom. The second-order valence-electron chi connectivity index (χ2n) is 7.39. The topological polar surface area (TPSA) is 48.7 Å². The molecular formula is C22H20O4. The summed E-state index contributed by atoms with van der Waals surface area (Å²) >= 11 is 0. The molecule has 0 aliphatic heterocycles. The molecule has 0 fully saturated rings. The lowest BCUT2D eigenvalue weighted by molar-refractivity contribution is 0.0998. The van der Waals surface area contributed by atoms with Gasteiger partial charge in [0.1, 0.15) is 11.5 Å². The predicted molar refractivity (Wildman–Crippen MR) is 98.6 cm³/mol. The van der Waals surface area contributed by atoms with E-state index in [2.05, 4.69) is 13.0 Å². The van der Waals surface area contributed by atoms with Crippen LogP contribution in [-0.4, -0.2) is 20.0 Å². The first-order valence-corrected chi connectivity index (χ1v) is 8.93. The molecule has 3 aromatic rings. The van der Waals surface area contributed by atoms with E-state index in [9.17, 15) is 4.79 Å². The molecule has 2 aromatic carbocycles. The molecule has 2 aliphatic rings. The summed E-state index contributed by atoms with van der Waals surface area (Å²) in [4.78, 5) is 13.2. The first-order chi connectivity index (χ1) is 12.6. The first kappa shape index (κ1) is 15.5. The summed E-state index contributed by atoms with van der Waals surface area (Å²) < 4.78 is 16.8. The number of carbonyl (C=O) groups is 1. The second kappa shape index (κ2) is 5.13. The van der Waals surface area contributed by atoms with Gasteiger partial charge in [0.15, 0.2) is 5.76 Å². The molecule has 1 atom stereocenters. The number of hydrogen-bond acceptors (Lipinski definition) is 4. The number of furan rings is 1. The van der Waals surface area contributed by atoms with Gasteiger partial charge in [-0.2, -0.15) is 0 Å². The maximum absolute atomic E-state index is 13.2. The highest BCUT2D eigenvalue weighted by Gasteiger charge is 2.46. The minimum Gasteiger partial charge on any atom is -0.496 e. The van der Waals surface area contributed by atoms with Gasteiger partial charge in [-0.05, 0) is 54.7 Å². The molecule has 0 spiro atoms. The second-order valence-corrected chi connectivity index (χ2v) is 7.39. The zero-order valence-electron chi connectivity index (χ0n) is 15.1. The van der Waals surface area contributed by atoms with Crippen LogP contribution in [0.5, 0.6) is 11.5 Å². The number of rotatable bonds is 2. The van der Waals surface area contributed by atoms with E-state index >= 15 is 0 Å². The summed E-state index contributed by atoms with van der Waals surface area (Å²) in [5.74, 6) is 1.99. The largest absolute Gasteiger partial charge is 0.496 e. The Morgan fingerprint density at radius 1 is 1.08 bits per heavy atom. The number of benzene rings is 2. The summed E-state index contributed by atoms with van der Waals surface area (Å²) in [6.07, 6.45) is 4.84. The summed E-state index contributed by atoms with van der Waals surface area (Å²) in [7, 11) is 3.31. The molecule has 1 aromatic heterocycles. The summed E-state index contributed by atoms with van der Waals surface area (Å²) in [5, 5.41) is 1.85. The minimum absolute atomic E-state index is 0.0348. The molecule has 2 aliphatic carbocycles. The molecule has 4 nitrogen and oxygen atoms in total. The molecule has 0 radical (unpaired) electrons. The van der Waals surface area contributed by atoms with E-state index in [0.717, 1.165) is 52.7 Å². The standard InChI is InChI=1S/C22H20O4/c1-22-8-4-5-12-11-26-21(19(12)22)20(23)15-9-13-14(10-16(15)22)18(25-3)7-6-17(13)24-2/h6-7,9-11H,4-5,8H2,1-3H3. The van der Waals surface area contributed by atoms with Crippen LogP contribution in [0, 0.1) is 0 Å². The van der Waals surface area contributed by atoms with Crippen molar-refractivity contribution in [3.05, 3.63) is 58.5 Å². The van der Waals surface area contributed by atoms with Crippen LogP contribution in [0.15, 0.2) is 34.9 Å². The van der Waals surface area contributed by atoms with Crippen LogP contribution in [0.25, 0.3) is 10.8 Å². The van der Waals surface area contributed by atoms with Gasteiger partial charge in [0.25, 0.3) is 0 Å². The Labute approximate surface area is 151 Å². The fourth-order valence-corrected chi connectivity index (χ4v) is 4.84. The molecule has 4 heteroatoms. The van der Waals surface area contributed by atoms with Crippen LogP contribution in [0.2, 0.25) is 0 Å². The molecule has 5 rings (SSSR count). The lowest BCUT2D eigenvalue weighted by atomic mass is 9.63. The summed E-state index contributed by atoms with van der Waals surface area (Å²) in [6, 6.07) is 7.85. The van der Waals surface area contributed by atoms with Gasteiger partial charge in [-0.25, -0.2) is 0 Å². The van der Waals surface area contributed by atoms with Crippen LogP contribution < -0.4 is 9.47 Å². The predicted octanol–water partition coefficient (Wildman–Crippen LogP) is 4.64. The van der Waals surface area contributed by atoms with Gasteiger partial charge in [0.05, 0.1) is 20.5 Å². The van der Waals surface area contributed by atoms with E-state index in [1.54, 1.807) is 20.5 Å². The van der Waals surface area contributed by atoms with E-state index < -0.39 is 0 Å². The summed E-state index contributed by atoms with van der Waals surface area (Å²) in [6.45, 7) is 2.23. The third-order valence-electron chi connectivity index (χ3n) is 6.10. The highest BCUT2D eigenvalue weighted by molar-refractivity contribution is 6.14. The molecule has 0 saturated carbocycles. The number of aryl methyl sites for hydroxylation is 1. The van der Waals surface area contributed by atoms with Crippen molar-refractivity contribution in [1.82, 2.24) is 0 Å². The Balaban J connectivity index is 1.89. The van der Waals surface area contributed by atoms with Gasteiger partial charge >= 0.3 is 0 Å². The highest BCUT2D eigenvalue weighted by atomic mass is 16.5. The third kappa shape index (κ3) is 1.77. The number of ketones is 1. The maximum Gasteiger partial charge on any atom is 0.228 e. The van der Waals surface area contributed by atoms with Gasteiger partial charge in [-0.15, -0.1) is 0 Å². The van der Waals surface area contributed by atoms with Gasteiger partial charge in [0.2, 0.25) is 5.78 Å². The van der Waals surface area contributed by atoms with Crippen molar-refractivity contribution >= 4 is 16.6 Å². The Morgan fingerprint density at radius 2 is 1.77 bits per heavy atom. The van der Waals surface area contributed by atoms with E-state index in [4.69, 9.17) is 13.9 Å². The first-order valence-electron chi connectivity index (χ1n) is 8.93. The quantitative estimate of drug-likeness (QED) is 0.677. The van der Waals surface area contributed by atoms with Crippen molar-refractivity contribution in [1.29, 1.82) is 0 Å². The SMILES string of the molecule is COc1ccc(OC)c2cc3c(cc12)C(=O)c1occ2c1C3(C)CCC2. The average molecular weight is 348 g/mol. The number of carbonyl (C=O) groups excluding carboxylic acids is 1. The molecular weight excluding hydrogens is 328 g/mol. The minimum atomic E-state index is -0.207. The van der Waals surface area contributed by atoms with Gasteiger partial charge < -0.3 is 13.9 Å². The lowest BCUT2D eigenvalue weighted by Gasteiger charge is -2.39. The Kier molecular flexibility index (Phi) is 3.06. The van der Waals surface area contributed by atoms with E-state index in [1.807, 2.05) is 18.2 Å². The molecule has 1 unspecified atom stereocenters. The molecule has 0 amide bonds. The molecule has 1 heterocycles.